The quantitative estimate of drug-likeness (QED) is 0.818. The Balaban J connectivity index is 2.29. The zero-order valence-corrected chi connectivity index (χ0v) is 15.2. The topological polar surface area (TPSA) is 46.2 Å². The van der Waals surface area contributed by atoms with Crippen LogP contribution in [0.15, 0.2) is 53.4 Å². The number of benzene rings is 2. The van der Waals surface area contributed by atoms with Gasteiger partial charge in [-0.2, -0.15) is 0 Å². The molecule has 0 aliphatic heterocycles. The van der Waals surface area contributed by atoms with E-state index < -0.39 is 10.0 Å². The molecule has 0 aliphatic carbocycles. The van der Waals surface area contributed by atoms with Gasteiger partial charge in [0.1, 0.15) is 0 Å². The molecule has 0 amide bonds. The van der Waals surface area contributed by atoms with E-state index in [-0.39, 0.29) is 10.9 Å². The average Bonchev–Trinajstić information content (AvgIpc) is 2.47. The summed E-state index contributed by atoms with van der Waals surface area (Å²) in [6, 6.07) is 13.9. The first-order valence-corrected chi connectivity index (χ1v) is 9.48. The second-order valence-corrected chi connectivity index (χ2v) is 8.32. The van der Waals surface area contributed by atoms with Crippen LogP contribution in [0.25, 0.3) is 0 Å². The minimum Gasteiger partial charge on any atom is -0.207 e. The van der Waals surface area contributed by atoms with Crippen molar-refractivity contribution in [3.05, 3.63) is 64.7 Å². The smallest absolute Gasteiger partial charge is 0.207 e. The fraction of sp³-hybridized carbons (Fsp3) is 0.333. The third-order valence-corrected chi connectivity index (χ3v) is 5.35. The second kappa shape index (κ2) is 7.47. The molecule has 2 aromatic rings. The number of nitrogens with one attached hydrogen (secondary N) is 1. The normalized spacial score (nSPS) is 13.3. The van der Waals surface area contributed by atoms with E-state index in [0.717, 1.165) is 11.1 Å². The van der Waals surface area contributed by atoms with Crippen LogP contribution in [0, 0.1) is 12.8 Å². The fourth-order valence-corrected chi connectivity index (χ4v) is 3.75. The van der Waals surface area contributed by atoms with E-state index in [4.69, 9.17) is 11.6 Å². The largest absolute Gasteiger partial charge is 0.241 e. The van der Waals surface area contributed by atoms with Crippen molar-refractivity contribution in [2.24, 2.45) is 5.92 Å². The lowest BCUT2D eigenvalue weighted by molar-refractivity contribution is 0.472. The molecule has 3 nitrogen and oxygen atoms in total. The summed E-state index contributed by atoms with van der Waals surface area (Å²) in [7, 11) is -3.56. The van der Waals surface area contributed by atoms with Gasteiger partial charge in [0.15, 0.2) is 0 Å². The molecule has 0 heterocycles. The molecule has 23 heavy (non-hydrogen) atoms. The highest BCUT2D eigenvalue weighted by atomic mass is 35.5. The van der Waals surface area contributed by atoms with Crippen LogP contribution in [-0.2, 0) is 10.0 Å². The van der Waals surface area contributed by atoms with Crippen molar-refractivity contribution >= 4 is 21.6 Å². The summed E-state index contributed by atoms with van der Waals surface area (Å²) in [4.78, 5) is 0.283. The number of halogens is 1. The highest BCUT2D eigenvalue weighted by molar-refractivity contribution is 7.89. The minimum absolute atomic E-state index is 0.279. The molecule has 0 aromatic heterocycles. The predicted octanol–water partition coefficient (Wildman–Crippen LogP) is 4.71. The Morgan fingerprint density at radius 3 is 2.09 bits per heavy atom. The Morgan fingerprint density at radius 2 is 1.57 bits per heavy atom. The molecule has 1 N–H and O–H groups in total. The van der Waals surface area contributed by atoms with E-state index >= 15 is 0 Å². The van der Waals surface area contributed by atoms with Crippen molar-refractivity contribution in [1.29, 1.82) is 0 Å². The van der Waals surface area contributed by atoms with Crippen LogP contribution >= 0.6 is 11.6 Å². The van der Waals surface area contributed by atoms with Gasteiger partial charge in [-0.15, -0.1) is 0 Å². The van der Waals surface area contributed by atoms with Gasteiger partial charge >= 0.3 is 0 Å². The van der Waals surface area contributed by atoms with E-state index in [1.165, 1.54) is 0 Å². The molecule has 2 rings (SSSR count). The van der Waals surface area contributed by atoms with Crippen LogP contribution in [0.1, 0.15) is 37.4 Å². The van der Waals surface area contributed by atoms with Gasteiger partial charge in [0.2, 0.25) is 10.0 Å². The molecule has 1 atom stereocenters. The molecule has 0 bridgehead atoms. The van der Waals surface area contributed by atoms with Gasteiger partial charge in [0.25, 0.3) is 0 Å². The van der Waals surface area contributed by atoms with E-state index in [9.17, 15) is 8.42 Å². The van der Waals surface area contributed by atoms with E-state index in [2.05, 4.69) is 18.6 Å². The highest BCUT2D eigenvalue weighted by Gasteiger charge is 2.22. The third-order valence-electron chi connectivity index (χ3n) is 3.61. The Kier molecular flexibility index (Phi) is 5.84. The minimum atomic E-state index is -3.56. The predicted molar refractivity (Wildman–Crippen MR) is 95.1 cm³/mol. The Hall–Kier alpha value is -1.36. The molecule has 124 valence electrons. The molecule has 0 saturated carbocycles. The van der Waals surface area contributed by atoms with E-state index in [0.29, 0.717) is 17.4 Å². The molecule has 0 radical (unpaired) electrons. The summed E-state index contributed by atoms with van der Waals surface area (Å²) in [5.74, 6) is 0.358. The summed E-state index contributed by atoms with van der Waals surface area (Å²) in [6.07, 6.45) is 0.715. The van der Waals surface area contributed by atoms with Gasteiger partial charge in [-0.25, -0.2) is 13.1 Å². The SMILES string of the molecule is Cc1ccc(S(=O)(=O)NC(CC(C)C)c2ccc(Cl)cc2)cc1. The molecular formula is C18H22ClNO2S. The lowest BCUT2D eigenvalue weighted by Crippen LogP contribution is -2.29. The van der Waals surface area contributed by atoms with Gasteiger partial charge < -0.3 is 0 Å². The summed E-state index contributed by atoms with van der Waals surface area (Å²) in [5.41, 5.74) is 1.94. The van der Waals surface area contributed by atoms with Crippen molar-refractivity contribution in [2.75, 3.05) is 0 Å². The van der Waals surface area contributed by atoms with Crippen LogP contribution in [0.5, 0.6) is 0 Å². The first-order valence-electron chi connectivity index (χ1n) is 7.62. The lowest BCUT2D eigenvalue weighted by Gasteiger charge is -2.21. The summed E-state index contributed by atoms with van der Waals surface area (Å²) >= 11 is 5.93. The van der Waals surface area contributed by atoms with Crippen molar-refractivity contribution in [3.8, 4) is 0 Å². The molecule has 2 aromatic carbocycles. The van der Waals surface area contributed by atoms with Crippen molar-refractivity contribution < 1.29 is 8.42 Å². The second-order valence-electron chi connectivity index (χ2n) is 6.17. The zero-order chi connectivity index (χ0) is 17.0. The monoisotopic (exact) mass is 351 g/mol. The Morgan fingerprint density at radius 1 is 1.00 bits per heavy atom. The Bertz CT molecular complexity index is 738. The Labute approximate surface area is 143 Å². The molecule has 5 heteroatoms. The molecule has 0 fully saturated rings. The number of aryl methyl sites for hydroxylation is 1. The number of hydrogen-bond acceptors (Lipinski definition) is 2. The van der Waals surface area contributed by atoms with Gasteiger partial charge in [-0.1, -0.05) is 55.3 Å². The summed E-state index contributed by atoms with van der Waals surface area (Å²) in [6.45, 7) is 6.07. The van der Waals surface area contributed by atoms with Gasteiger partial charge in [0, 0.05) is 11.1 Å². The maximum atomic E-state index is 12.6. The standard InChI is InChI=1S/C18H22ClNO2S/c1-13(2)12-18(15-6-8-16(19)9-7-15)20-23(21,22)17-10-4-14(3)5-11-17/h4-11,13,18,20H,12H2,1-3H3. The maximum absolute atomic E-state index is 12.6. The van der Waals surface area contributed by atoms with Crippen molar-refractivity contribution in [2.45, 2.75) is 38.1 Å². The fourth-order valence-electron chi connectivity index (χ4n) is 2.39. The first-order chi connectivity index (χ1) is 10.8. The van der Waals surface area contributed by atoms with Crippen molar-refractivity contribution in [3.63, 3.8) is 0 Å². The van der Waals surface area contributed by atoms with E-state index in [1.807, 2.05) is 19.1 Å². The van der Waals surface area contributed by atoms with Crippen LogP contribution in [-0.4, -0.2) is 8.42 Å². The zero-order valence-electron chi connectivity index (χ0n) is 13.6. The number of rotatable bonds is 6. The third kappa shape index (κ3) is 5.06. The molecular weight excluding hydrogens is 330 g/mol. The first kappa shape index (κ1) is 18.0. The van der Waals surface area contributed by atoms with Crippen LogP contribution < -0.4 is 4.72 Å². The highest BCUT2D eigenvalue weighted by Crippen LogP contribution is 2.25. The molecule has 0 saturated heterocycles. The molecule has 0 aliphatic rings. The molecule has 0 spiro atoms. The lowest BCUT2D eigenvalue weighted by atomic mass is 9.98. The van der Waals surface area contributed by atoms with E-state index in [1.54, 1.807) is 36.4 Å². The van der Waals surface area contributed by atoms with Gasteiger partial charge in [-0.05, 0) is 49.1 Å². The number of hydrogen-bond donors (Lipinski definition) is 1. The van der Waals surface area contributed by atoms with Gasteiger partial charge in [-0.3, -0.25) is 0 Å². The summed E-state index contributed by atoms with van der Waals surface area (Å²) < 4.78 is 28.1. The molecule has 1 unspecified atom stereocenters. The maximum Gasteiger partial charge on any atom is 0.241 e. The van der Waals surface area contributed by atoms with Crippen molar-refractivity contribution in [1.82, 2.24) is 4.72 Å². The average molecular weight is 352 g/mol. The van der Waals surface area contributed by atoms with Crippen LogP contribution in [0.2, 0.25) is 5.02 Å². The summed E-state index contributed by atoms with van der Waals surface area (Å²) in [5, 5.41) is 0.637. The van der Waals surface area contributed by atoms with Crippen LogP contribution in [0.4, 0.5) is 0 Å². The van der Waals surface area contributed by atoms with Crippen LogP contribution in [0.3, 0.4) is 0 Å². The van der Waals surface area contributed by atoms with Gasteiger partial charge in [0.05, 0.1) is 4.90 Å². The number of sulfonamides is 1.